The van der Waals surface area contributed by atoms with Crippen molar-refractivity contribution in [3.8, 4) is 0 Å². The Labute approximate surface area is 93.2 Å². The van der Waals surface area contributed by atoms with E-state index in [4.69, 9.17) is 0 Å². The fourth-order valence-corrected chi connectivity index (χ4v) is 5.80. The van der Waals surface area contributed by atoms with Gasteiger partial charge in [-0.2, -0.15) is 25.3 Å². The highest BCUT2D eigenvalue weighted by molar-refractivity contribution is 8.35. The van der Waals surface area contributed by atoms with Crippen LogP contribution in [0.15, 0.2) is 0 Å². The fourth-order valence-electron chi connectivity index (χ4n) is 0.480. The molecule has 0 aromatic rings. The van der Waals surface area contributed by atoms with Gasteiger partial charge in [-0.25, -0.2) is 0 Å². The first kappa shape index (κ1) is 12.8. The molecule has 0 heterocycles. The van der Waals surface area contributed by atoms with E-state index in [1.807, 2.05) is 35.3 Å². The smallest absolute Gasteiger partial charge is 0.0972 e. The van der Waals surface area contributed by atoms with E-state index in [0.29, 0.717) is 3.91 Å². The maximum absolute atomic E-state index is 4.19. The summed E-state index contributed by atoms with van der Waals surface area (Å²) in [6.45, 7) is 2.21. The van der Waals surface area contributed by atoms with Crippen LogP contribution in [-0.4, -0.2) is 19.8 Å². The van der Waals surface area contributed by atoms with Crippen LogP contribution in [0.2, 0.25) is 0 Å². The number of thioether (sulfide) groups is 3. The summed E-state index contributed by atoms with van der Waals surface area (Å²) in [5.41, 5.74) is 0. The van der Waals surface area contributed by atoms with Crippen LogP contribution in [0, 0.1) is 0 Å². The van der Waals surface area contributed by atoms with Crippen molar-refractivity contribution in [3.63, 3.8) is 0 Å². The Morgan fingerprint density at radius 3 is 2.00 bits per heavy atom. The molecule has 0 aliphatic heterocycles. The van der Waals surface area contributed by atoms with Gasteiger partial charge in [-0.15, -0.1) is 35.3 Å². The first-order valence-corrected chi connectivity index (χ1v) is 7.82. The van der Waals surface area contributed by atoms with Crippen molar-refractivity contribution in [1.29, 1.82) is 0 Å². The molecule has 0 atom stereocenters. The Morgan fingerprint density at radius 2 is 1.64 bits per heavy atom. The third-order valence-electron chi connectivity index (χ3n) is 0.879. The first-order chi connectivity index (χ1) is 5.35. The van der Waals surface area contributed by atoms with E-state index in [1.54, 1.807) is 0 Å². The van der Waals surface area contributed by atoms with E-state index < -0.39 is 0 Å². The lowest BCUT2D eigenvalue weighted by atomic mass is 10.6. The molecule has 5 heteroatoms. The molecular formula is C6H14S5. The molecule has 0 rings (SSSR count). The molecule has 0 N–H and O–H groups in total. The van der Waals surface area contributed by atoms with Crippen LogP contribution in [0.25, 0.3) is 0 Å². The molecule has 0 aliphatic rings. The van der Waals surface area contributed by atoms with Crippen LogP contribution in [0.5, 0.6) is 0 Å². The van der Waals surface area contributed by atoms with Crippen LogP contribution in [0.3, 0.4) is 0 Å². The van der Waals surface area contributed by atoms with Gasteiger partial charge in [-0.1, -0.05) is 6.92 Å². The average Bonchev–Trinajstić information content (AvgIpc) is 2.01. The molecule has 0 amide bonds. The lowest BCUT2D eigenvalue weighted by Gasteiger charge is -2.12. The molecule has 0 spiro atoms. The zero-order valence-electron chi connectivity index (χ0n) is 6.52. The monoisotopic (exact) mass is 246 g/mol. The third-order valence-corrected chi connectivity index (χ3v) is 5.98. The Morgan fingerprint density at radius 1 is 1.09 bits per heavy atom. The van der Waals surface area contributed by atoms with Gasteiger partial charge in [-0.3, -0.25) is 0 Å². The van der Waals surface area contributed by atoms with Crippen LogP contribution in [0.1, 0.15) is 13.3 Å². The van der Waals surface area contributed by atoms with E-state index >= 15 is 0 Å². The van der Waals surface area contributed by atoms with E-state index in [-0.39, 0.29) is 0 Å². The summed E-state index contributed by atoms with van der Waals surface area (Å²) in [6.07, 6.45) is 1.25. The molecule has 0 nitrogen and oxygen atoms in total. The Balaban J connectivity index is 3.34. The highest BCUT2D eigenvalue weighted by Crippen LogP contribution is 2.34. The van der Waals surface area contributed by atoms with Gasteiger partial charge >= 0.3 is 0 Å². The molecule has 0 unspecified atom stereocenters. The van der Waals surface area contributed by atoms with Crippen molar-refractivity contribution in [1.82, 2.24) is 0 Å². The van der Waals surface area contributed by atoms with Crippen molar-refractivity contribution in [2.24, 2.45) is 0 Å². The predicted octanol–water partition coefficient (Wildman–Crippen LogP) is 3.65. The highest BCUT2D eigenvalue weighted by atomic mass is 32.3. The molecule has 0 bridgehead atoms. The van der Waals surface area contributed by atoms with E-state index in [2.05, 4.69) is 32.2 Å². The highest BCUT2D eigenvalue weighted by Gasteiger charge is 2.06. The lowest BCUT2D eigenvalue weighted by Crippen LogP contribution is -1.92. The SMILES string of the molecule is CCCSC(SCS)SCS. The number of hydrogen-bond acceptors (Lipinski definition) is 5. The summed E-state index contributed by atoms with van der Waals surface area (Å²) < 4.78 is 0.630. The van der Waals surface area contributed by atoms with E-state index in [1.165, 1.54) is 12.2 Å². The molecule has 0 radical (unpaired) electrons. The molecule has 0 aliphatic carbocycles. The molecular weight excluding hydrogens is 232 g/mol. The zero-order chi connectivity index (χ0) is 8.53. The lowest BCUT2D eigenvalue weighted by molar-refractivity contribution is 1.11. The van der Waals surface area contributed by atoms with Gasteiger partial charge in [0.15, 0.2) is 0 Å². The Hall–Kier alpha value is 1.75. The summed E-state index contributed by atoms with van der Waals surface area (Å²) >= 11 is 14.1. The minimum absolute atomic E-state index is 0.630. The van der Waals surface area contributed by atoms with Gasteiger partial charge in [0.2, 0.25) is 0 Å². The van der Waals surface area contributed by atoms with Gasteiger partial charge in [0.25, 0.3) is 0 Å². The normalized spacial score (nSPS) is 10.9. The largest absolute Gasteiger partial charge is 0.168 e. The topological polar surface area (TPSA) is 0 Å². The maximum Gasteiger partial charge on any atom is 0.0972 e. The molecule has 0 aromatic heterocycles. The second-order valence-corrected chi connectivity index (χ2v) is 7.53. The van der Waals surface area contributed by atoms with Crippen molar-refractivity contribution >= 4 is 60.5 Å². The van der Waals surface area contributed by atoms with Crippen molar-refractivity contribution in [2.45, 2.75) is 17.3 Å². The van der Waals surface area contributed by atoms with E-state index in [0.717, 1.165) is 10.2 Å². The third kappa shape index (κ3) is 8.09. The van der Waals surface area contributed by atoms with Crippen LogP contribution in [0.4, 0.5) is 0 Å². The van der Waals surface area contributed by atoms with Crippen LogP contribution >= 0.6 is 60.5 Å². The summed E-state index contributed by atoms with van der Waals surface area (Å²) in [4.78, 5) is 0. The molecule has 0 fully saturated rings. The van der Waals surface area contributed by atoms with Gasteiger partial charge in [-0.05, 0) is 12.2 Å². The van der Waals surface area contributed by atoms with Gasteiger partial charge in [0.05, 0.1) is 3.91 Å². The molecule has 0 saturated heterocycles. The average molecular weight is 247 g/mol. The summed E-state index contributed by atoms with van der Waals surface area (Å²) in [5, 5.41) is 1.81. The molecule has 0 aromatic carbocycles. The van der Waals surface area contributed by atoms with Gasteiger partial charge < -0.3 is 0 Å². The Kier molecular flexibility index (Phi) is 11.4. The molecule has 68 valence electrons. The minimum atomic E-state index is 0.630. The van der Waals surface area contributed by atoms with Gasteiger partial charge in [0, 0.05) is 10.2 Å². The summed E-state index contributed by atoms with van der Waals surface area (Å²) in [6, 6.07) is 0. The van der Waals surface area contributed by atoms with Crippen molar-refractivity contribution < 1.29 is 0 Å². The standard InChI is InChI=1S/C6H14S5/c1-2-3-9-6(10-4-7)11-5-8/h6-8H,2-5H2,1H3. The molecule has 11 heavy (non-hydrogen) atoms. The number of thiol groups is 2. The predicted molar refractivity (Wildman–Crippen MR) is 69.4 cm³/mol. The molecule has 0 saturated carbocycles. The van der Waals surface area contributed by atoms with Gasteiger partial charge in [0.1, 0.15) is 0 Å². The van der Waals surface area contributed by atoms with Crippen LogP contribution in [-0.2, 0) is 0 Å². The summed E-state index contributed by atoms with van der Waals surface area (Å²) in [7, 11) is 0. The number of hydrogen-bond donors (Lipinski definition) is 2. The Bertz CT molecular complexity index is 71.4. The quantitative estimate of drug-likeness (QED) is 0.520. The second kappa shape index (κ2) is 9.84. The van der Waals surface area contributed by atoms with Crippen molar-refractivity contribution in [3.05, 3.63) is 0 Å². The van der Waals surface area contributed by atoms with E-state index in [9.17, 15) is 0 Å². The fraction of sp³-hybridized carbons (Fsp3) is 1.00. The first-order valence-electron chi connectivity index (χ1n) is 3.41. The summed E-state index contributed by atoms with van der Waals surface area (Å²) in [5.74, 6) is 1.24. The van der Waals surface area contributed by atoms with Crippen molar-refractivity contribution in [2.75, 3.05) is 15.9 Å². The second-order valence-electron chi connectivity index (χ2n) is 1.75. The maximum atomic E-state index is 4.19. The minimum Gasteiger partial charge on any atom is -0.168 e. The zero-order valence-corrected chi connectivity index (χ0v) is 10.8. The number of rotatable bonds is 7. The van der Waals surface area contributed by atoms with Crippen LogP contribution < -0.4 is 0 Å².